The van der Waals surface area contributed by atoms with Crippen LogP contribution in [-0.2, 0) is 13.1 Å². The average Bonchev–Trinajstić information content (AvgIpc) is 2.70. The molecule has 0 bridgehead atoms. The van der Waals surface area contributed by atoms with Crippen LogP contribution in [0.1, 0.15) is 23.6 Å². The third-order valence-electron chi connectivity index (χ3n) is 4.16. The molecule has 2 N–H and O–H groups in total. The first-order valence-corrected chi connectivity index (χ1v) is 8.97. The first kappa shape index (κ1) is 20.4. The van der Waals surface area contributed by atoms with Crippen molar-refractivity contribution in [3.05, 3.63) is 53.1 Å². The molecule has 6 nitrogen and oxygen atoms in total. The van der Waals surface area contributed by atoms with Gasteiger partial charge in [0.15, 0.2) is 5.96 Å². The van der Waals surface area contributed by atoms with Gasteiger partial charge in [0.05, 0.1) is 27.9 Å². The highest BCUT2D eigenvalue weighted by atomic mass is 16.5. The van der Waals surface area contributed by atoms with E-state index in [1.807, 2.05) is 44.2 Å². The van der Waals surface area contributed by atoms with E-state index < -0.39 is 0 Å². The summed E-state index contributed by atoms with van der Waals surface area (Å²) in [5.41, 5.74) is 3.27. The van der Waals surface area contributed by atoms with Gasteiger partial charge in [-0.2, -0.15) is 0 Å². The molecule has 0 heterocycles. The standard InChI is InChI=1S/C21H29N3O3/c1-6-22-21(23-13-16-7-10-19(26-4)15(2)11-16)24-14-17-8-9-18(25-3)12-20(17)27-5/h7-12H,6,13-14H2,1-5H3,(H2,22,23,24). The van der Waals surface area contributed by atoms with E-state index in [0.29, 0.717) is 13.1 Å². The van der Waals surface area contributed by atoms with Gasteiger partial charge < -0.3 is 24.8 Å². The third kappa shape index (κ3) is 5.81. The van der Waals surface area contributed by atoms with Crippen molar-refractivity contribution in [1.82, 2.24) is 10.6 Å². The van der Waals surface area contributed by atoms with Crippen LogP contribution in [-0.4, -0.2) is 33.8 Å². The van der Waals surface area contributed by atoms with E-state index in [1.54, 1.807) is 21.3 Å². The fourth-order valence-electron chi connectivity index (χ4n) is 2.73. The molecule has 2 aromatic rings. The van der Waals surface area contributed by atoms with Crippen LogP contribution in [0.5, 0.6) is 17.2 Å². The lowest BCUT2D eigenvalue weighted by atomic mass is 10.1. The Kier molecular flexibility index (Phi) is 7.79. The summed E-state index contributed by atoms with van der Waals surface area (Å²) in [7, 11) is 4.98. The lowest BCUT2D eigenvalue weighted by Crippen LogP contribution is -2.36. The number of aryl methyl sites for hydroxylation is 1. The topological polar surface area (TPSA) is 64.1 Å². The third-order valence-corrected chi connectivity index (χ3v) is 4.16. The fraction of sp³-hybridized carbons (Fsp3) is 0.381. The maximum atomic E-state index is 5.45. The highest BCUT2D eigenvalue weighted by Crippen LogP contribution is 2.24. The average molecular weight is 371 g/mol. The summed E-state index contributed by atoms with van der Waals surface area (Å²) in [5, 5.41) is 6.62. The van der Waals surface area contributed by atoms with Gasteiger partial charge in [-0.3, -0.25) is 0 Å². The van der Waals surface area contributed by atoms with Crippen molar-refractivity contribution in [1.29, 1.82) is 0 Å². The summed E-state index contributed by atoms with van der Waals surface area (Å²) < 4.78 is 16.0. The minimum atomic E-state index is 0.583. The maximum absolute atomic E-state index is 5.45. The molecule has 0 saturated heterocycles. The quantitative estimate of drug-likeness (QED) is 0.551. The molecule has 0 amide bonds. The smallest absolute Gasteiger partial charge is 0.191 e. The van der Waals surface area contributed by atoms with Crippen LogP contribution >= 0.6 is 0 Å². The number of methoxy groups -OCH3 is 3. The normalized spacial score (nSPS) is 11.1. The molecule has 27 heavy (non-hydrogen) atoms. The van der Waals surface area contributed by atoms with Gasteiger partial charge in [-0.25, -0.2) is 4.99 Å². The number of nitrogens with zero attached hydrogens (tertiary/aromatic N) is 1. The minimum Gasteiger partial charge on any atom is -0.497 e. The summed E-state index contributed by atoms with van der Waals surface area (Å²) in [5.74, 6) is 3.19. The van der Waals surface area contributed by atoms with E-state index in [4.69, 9.17) is 14.2 Å². The Bertz CT molecular complexity index is 775. The van der Waals surface area contributed by atoms with Crippen LogP contribution in [0.2, 0.25) is 0 Å². The second-order valence-corrected chi connectivity index (χ2v) is 6.03. The SMILES string of the molecule is CCNC(=NCc1ccc(OC)c(C)c1)NCc1ccc(OC)cc1OC. The van der Waals surface area contributed by atoms with E-state index in [9.17, 15) is 0 Å². The Morgan fingerprint density at radius 3 is 2.33 bits per heavy atom. The van der Waals surface area contributed by atoms with Crippen LogP contribution in [0.3, 0.4) is 0 Å². The van der Waals surface area contributed by atoms with Crippen LogP contribution < -0.4 is 24.8 Å². The zero-order valence-electron chi connectivity index (χ0n) is 16.8. The van der Waals surface area contributed by atoms with E-state index in [1.165, 1.54) is 0 Å². The molecular weight excluding hydrogens is 342 g/mol. The lowest BCUT2D eigenvalue weighted by Gasteiger charge is -2.14. The number of rotatable bonds is 8. The first-order valence-electron chi connectivity index (χ1n) is 8.97. The summed E-state index contributed by atoms with van der Waals surface area (Å²) >= 11 is 0. The largest absolute Gasteiger partial charge is 0.497 e. The van der Waals surface area contributed by atoms with Crippen molar-refractivity contribution >= 4 is 5.96 Å². The molecule has 2 rings (SSSR count). The van der Waals surface area contributed by atoms with Gasteiger partial charge in [0.2, 0.25) is 0 Å². The highest BCUT2D eigenvalue weighted by Gasteiger charge is 2.06. The minimum absolute atomic E-state index is 0.583. The van der Waals surface area contributed by atoms with E-state index in [2.05, 4.69) is 21.7 Å². The Balaban J connectivity index is 2.06. The monoisotopic (exact) mass is 371 g/mol. The number of nitrogens with one attached hydrogen (secondary N) is 2. The Morgan fingerprint density at radius 1 is 0.926 bits per heavy atom. The molecule has 0 atom stereocenters. The molecule has 2 aromatic carbocycles. The van der Waals surface area contributed by atoms with Crippen LogP contribution in [0.25, 0.3) is 0 Å². The van der Waals surface area contributed by atoms with Crippen molar-refractivity contribution in [2.45, 2.75) is 26.9 Å². The second-order valence-electron chi connectivity index (χ2n) is 6.03. The number of benzene rings is 2. The molecule has 0 aliphatic rings. The molecule has 146 valence electrons. The first-order chi connectivity index (χ1) is 13.1. The number of guanidine groups is 1. The Labute approximate surface area is 161 Å². The van der Waals surface area contributed by atoms with Gasteiger partial charge in [-0.15, -0.1) is 0 Å². The molecule has 0 saturated carbocycles. The maximum Gasteiger partial charge on any atom is 0.191 e. The van der Waals surface area contributed by atoms with Crippen LogP contribution in [0.4, 0.5) is 0 Å². The number of hydrogen-bond acceptors (Lipinski definition) is 4. The molecule has 0 aromatic heterocycles. The summed E-state index contributed by atoms with van der Waals surface area (Å²) in [6.45, 7) is 6.04. The molecule has 0 aliphatic carbocycles. The molecule has 0 unspecified atom stereocenters. The lowest BCUT2D eigenvalue weighted by molar-refractivity contribution is 0.390. The van der Waals surface area contributed by atoms with Gasteiger partial charge in [-0.05, 0) is 43.2 Å². The van der Waals surface area contributed by atoms with Gasteiger partial charge in [0, 0.05) is 24.7 Å². The van der Waals surface area contributed by atoms with Gasteiger partial charge >= 0.3 is 0 Å². The summed E-state index contributed by atoms with van der Waals surface area (Å²) in [6, 6.07) is 11.9. The van der Waals surface area contributed by atoms with Crippen molar-refractivity contribution in [3.8, 4) is 17.2 Å². The molecular formula is C21H29N3O3. The van der Waals surface area contributed by atoms with Crippen molar-refractivity contribution in [2.75, 3.05) is 27.9 Å². The summed E-state index contributed by atoms with van der Waals surface area (Å²) in [6.07, 6.45) is 0. The molecule has 0 aliphatic heterocycles. The van der Waals surface area contributed by atoms with E-state index >= 15 is 0 Å². The van der Waals surface area contributed by atoms with Crippen LogP contribution in [0, 0.1) is 6.92 Å². The predicted molar refractivity (Wildman–Crippen MR) is 109 cm³/mol. The molecule has 0 radical (unpaired) electrons. The predicted octanol–water partition coefficient (Wildman–Crippen LogP) is 3.28. The number of hydrogen-bond donors (Lipinski definition) is 2. The van der Waals surface area contributed by atoms with Gasteiger partial charge in [-0.1, -0.05) is 12.1 Å². The van der Waals surface area contributed by atoms with Crippen molar-refractivity contribution in [2.24, 2.45) is 4.99 Å². The Morgan fingerprint density at radius 2 is 1.70 bits per heavy atom. The van der Waals surface area contributed by atoms with E-state index in [0.717, 1.165) is 46.4 Å². The zero-order valence-corrected chi connectivity index (χ0v) is 16.8. The number of aliphatic imine (C=N–C) groups is 1. The van der Waals surface area contributed by atoms with Gasteiger partial charge in [0.1, 0.15) is 17.2 Å². The molecule has 6 heteroatoms. The van der Waals surface area contributed by atoms with E-state index in [-0.39, 0.29) is 0 Å². The molecule has 0 spiro atoms. The fourth-order valence-corrected chi connectivity index (χ4v) is 2.73. The van der Waals surface area contributed by atoms with Gasteiger partial charge in [0.25, 0.3) is 0 Å². The van der Waals surface area contributed by atoms with Crippen molar-refractivity contribution in [3.63, 3.8) is 0 Å². The zero-order chi connectivity index (χ0) is 19.6. The highest BCUT2D eigenvalue weighted by molar-refractivity contribution is 5.79. The van der Waals surface area contributed by atoms with Crippen LogP contribution in [0.15, 0.2) is 41.4 Å². The molecule has 0 fully saturated rings. The van der Waals surface area contributed by atoms with Crippen molar-refractivity contribution < 1.29 is 14.2 Å². The Hall–Kier alpha value is -2.89. The summed E-state index contributed by atoms with van der Waals surface area (Å²) in [4.78, 5) is 4.67. The second kappa shape index (κ2) is 10.3. The number of ether oxygens (including phenoxy) is 3.